The predicted octanol–water partition coefficient (Wildman–Crippen LogP) is 5.82. The summed E-state index contributed by atoms with van der Waals surface area (Å²) in [5, 5.41) is 0.359. The number of para-hydroxylation sites is 4. The average Bonchev–Trinajstić information content (AvgIpc) is 3.18. The predicted molar refractivity (Wildman–Crippen MR) is 130 cm³/mol. The van der Waals surface area contributed by atoms with Crippen LogP contribution in [0.25, 0.3) is 27.9 Å². The summed E-state index contributed by atoms with van der Waals surface area (Å²) in [7, 11) is -3.98. The number of hydrogen-bond acceptors (Lipinski definition) is 4. The van der Waals surface area contributed by atoms with E-state index in [4.69, 9.17) is 28.2 Å². The highest BCUT2D eigenvalue weighted by molar-refractivity contribution is 7.88. The lowest BCUT2D eigenvalue weighted by Gasteiger charge is -2.08. The maximum Gasteiger partial charge on any atom is 0.273 e. The fourth-order valence-corrected chi connectivity index (χ4v) is 5.36. The number of nitrogens with zero attached hydrogens (tertiary/aromatic N) is 5. The van der Waals surface area contributed by atoms with Crippen molar-refractivity contribution in [2.75, 3.05) is 0 Å². The highest BCUT2D eigenvalue weighted by Crippen LogP contribution is 2.31. The molecule has 33 heavy (non-hydrogen) atoms. The van der Waals surface area contributed by atoms with Gasteiger partial charge < -0.3 is 0 Å². The van der Waals surface area contributed by atoms with E-state index < -0.39 is 10.0 Å². The lowest BCUT2D eigenvalue weighted by Crippen LogP contribution is -2.30. The first-order chi connectivity index (χ1) is 15.9. The fraction of sp³-hybridized carbons (Fsp3) is 0.0870. The Hall–Kier alpha value is -3.04. The van der Waals surface area contributed by atoms with Crippen LogP contribution in [0, 0.1) is 0 Å². The van der Waals surface area contributed by atoms with Crippen LogP contribution in [-0.2, 0) is 16.6 Å². The second-order valence-corrected chi connectivity index (χ2v) is 9.74. The number of benzene rings is 3. The van der Waals surface area contributed by atoms with Crippen molar-refractivity contribution in [3.8, 4) is 5.82 Å². The Morgan fingerprint density at radius 2 is 1.73 bits per heavy atom. The van der Waals surface area contributed by atoms with Gasteiger partial charge in [0.25, 0.3) is 12.1 Å². The molecule has 0 saturated heterocycles. The van der Waals surface area contributed by atoms with Crippen LogP contribution in [0.4, 0.5) is 5.82 Å². The normalized spacial score (nSPS) is 13.3. The van der Waals surface area contributed by atoms with Crippen LogP contribution in [0.1, 0.15) is 6.92 Å². The summed E-state index contributed by atoms with van der Waals surface area (Å²) in [6.45, 7) is 2.77. The van der Waals surface area contributed by atoms with E-state index in [0.717, 1.165) is 17.6 Å². The molecule has 0 saturated carbocycles. The molecule has 2 aromatic heterocycles. The van der Waals surface area contributed by atoms with Crippen molar-refractivity contribution in [1.82, 2.24) is 14.5 Å². The number of rotatable bonds is 4. The van der Waals surface area contributed by atoms with Crippen LogP contribution in [0.2, 0.25) is 10.0 Å². The zero-order valence-electron chi connectivity index (χ0n) is 17.4. The van der Waals surface area contributed by atoms with E-state index >= 15 is 0 Å². The average molecular weight is 499 g/mol. The highest BCUT2D eigenvalue weighted by Gasteiger charge is 2.24. The van der Waals surface area contributed by atoms with Crippen molar-refractivity contribution < 1.29 is 13.3 Å². The van der Waals surface area contributed by atoms with Gasteiger partial charge in [-0.05, 0) is 49.4 Å². The van der Waals surface area contributed by atoms with Crippen molar-refractivity contribution >= 4 is 61.1 Å². The van der Waals surface area contributed by atoms with Gasteiger partial charge in [-0.3, -0.25) is 4.55 Å². The summed E-state index contributed by atoms with van der Waals surface area (Å²) in [4.78, 5) is 9.26. The molecule has 0 radical (unpaired) electrons. The SMILES string of the molecule is CC[n+]1cn(-c2nc3ccccc3nc2N=S(=O)(O)c2cc(Cl)ccc2Cl)c2ccccc21. The summed E-state index contributed by atoms with van der Waals surface area (Å²) in [5.41, 5.74) is 3.04. The van der Waals surface area contributed by atoms with Gasteiger partial charge >= 0.3 is 0 Å². The van der Waals surface area contributed by atoms with Gasteiger partial charge in [0.05, 0.1) is 27.5 Å². The summed E-state index contributed by atoms with van der Waals surface area (Å²) in [6.07, 6.45) is 1.88. The molecule has 5 aromatic rings. The third-order valence-electron chi connectivity index (χ3n) is 5.20. The van der Waals surface area contributed by atoms with E-state index in [2.05, 4.69) is 13.9 Å². The first kappa shape index (κ1) is 21.8. The number of aromatic nitrogens is 4. The quantitative estimate of drug-likeness (QED) is 0.316. The first-order valence-electron chi connectivity index (χ1n) is 10.1. The minimum Gasteiger partial charge on any atom is -0.296 e. The number of hydrogen-bond donors (Lipinski definition) is 1. The maximum atomic E-state index is 13.3. The molecule has 0 aliphatic carbocycles. The molecule has 1 unspecified atom stereocenters. The van der Waals surface area contributed by atoms with Gasteiger partial charge in [0.15, 0.2) is 21.0 Å². The zero-order chi connectivity index (χ0) is 23.2. The summed E-state index contributed by atoms with van der Waals surface area (Å²) >= 11 is 12.2. The molecule has 0 aliphatic rings. The van der Waals surface area contributed by atoms with Crippen LogP contribution in [0.5, 0.6) is 0 Å². The number of halogens is 2. The fourth-order valence-electron chi connectivity index (χ4n) is 3.65. The number of imidazole rings is 1. The van der Waals surface area contributed by atoms with Gasteiger partial charge in [-0.2, -0.15) is 4.57 Å². The van der Waals surface area contributed by atoms with Crippen molar-refractivity contribution in [3.63, 3.8) is 0 Å². The zero-order valence-corrected chi connectivity index (χ0v) is 19.7. The van der Waals surface area contributed by atoms with Gasteiger partial charge in [-0.1, -0.05) is 47.5 Å². The summed E-state index contributed by atoms with van der Waals surface area (Å²) in [6, 6.07) is 19.5. The molecule has 0 aliphatic heterocycles. The Morgan fingerprint density at radius 3 is 2.48 bits per heavy atom. The molecule has 2 heterocycles. The Bertz CT molecular complexity index is 1660. The lowest BCUT2D eigenvalue weighted by molar-refractivity contribution is -0.668. The molecule has 7 nitrogen and oxygen atoms in total. The van der Waals surface area contributed by atoms with Crippen LogP contribution in [-0.4, -0.2) is 23.3 Å². The first-order valence-corrected chi connectivity index (χ1v) is 12.3. The van der Waals surface area contributed by atoms with E-state index in [-0.39, 0.29) is 20.8 Å². The third-order valence-corrected chi connectivity index (χ3v) is 7.21. The molecular formula is C23H18Cl2N5O2S+. The lowest BCUT2D eigenvalue weighted by atomic mass is 10.3. The minimum atomic E-state index is -3.98. The molecule has 1 atom stereocenters. The van der Waals surface area contributed by atoms with Gasteiger partial charge in [-0.15, -0.1) is 4.36 Å². The smallest absolute Gasteiger partial charge is 0.273 e. The van der Waals surface area contributed by atoms with E-state index in [1.54, 1.807) is 12.1 Å². The van der Waals surface area contributed by atoms with Crippen LogP contribution < -0.4 is 4.57 Å². The maximum absolute atomic E-state index is 13.3. The molecule has 0 amide bonds. The van der Waals surface area contributed by atoms with Gasteiger partial charge in [0.1, 0.15) is 0 Å². The molecule has 166 valence electrons. The molecule has 3 aromatic carbocycles. The van der Waals surface area contributed by atoms with Crippen LogP contribution in [0.3, 0.4) is 0 Å². The van der Waals surface area contributed by atoms with E-state index in [1.165, 1.54) is 12.1 Å². The Balaban J connectivity index is 1.84. The Morgan fingerprint density at radius 1 is 1.03 bits per heavy atom. The molecule has 0 spiro atoms. The van der Waals surface area contributed by atoms with Crippen LogP contribution in [0.15, 0.2) is 82.3 Å². The minimum absolute atomic E-state index is 0.0150. The molecule has 5 rings (SSSR count). The van der Waals surface area contributed by atoms with Crippen molar-refractivity contribution in [1.29, 1.82) is 0 Å². The topological polar surface area (TPSA) is 84.3 Å². The Labute approximate surface area is 200 Å². The van der Waals surface area contributed by atoms with Gasteiger partial charge in [0.2, 0.25) is 5.82 Å². The molecular weight excluding hydrogens is 481 g/mol. The van der Waals surface area contributed by atoms with Crippen molar-refractivity contribution in [2.45, 2.75) is 18.4 Å². The van der Waals surface area contributed by atoms with Gasteiger partial charge in [0, 0.05) is 5.02 Å². The van der Waals surface area contributed by atoms with Crippen molar-refractivity contribution in [3.05, 3.63) is 83.1 Å². The second kappa shape index (κ2) is 8.39. The summed E-state index contributed by atoms with van der Waals surface area (Å²) < 4.78 is 32.3. The van der Waals surface area contributed by atoms with Crippen molar-refractivity contribution in [2.24, 2.45) is 4.36 Å². The van der Waals surface area contributed by atoms with Crippen LogP contribution >= 0.6 is 23.2 Å². The molecule has 10 heteroatoms. The molecule has 1 N–H and O–H groups in total. The Kier molecular flexibility index (Phi) is 5.54. The van der Waals surface area contributed by atoms with Gasteiger partial charge in [-0.25, -0.2) is 18.7 Å². The monoisotopic (exact) mass is 498 g/mol. The number of aryl methyl sites for hydroxylation is 1. The highest BCUT2D eigenvalue weighted by atomic mass is 35.5. The number of fused-ring (bicyclic) bond motifs is 2. The third kappa shape index (κ3) is 3.95. The standard InChI is InChI=1S/C23H17Cl2N5O2S/c1-2-29-14-30(20-10-6-5-9-19(20)29)23-22(26-17-7-3-4-8-18(17)27-23)28-33(31,32)21-13-15(24)11-12-16(21)25/h3-14H,2H2,1H3/p+1. The summed E-state index contributed by atoms with van der Waals surface area (Å²) in [5.74, 6) is 0.346. The molecule has 0 bridgehead atoms. The largest absolute Gasteiger partial charge is 0.296 e. The van der Waals surface area contributed by atoms with E-state index in [9.17, 15) is 8.76 Å². The van der Waals surface area contributed by atoms with E-state index in [1.807, 2.05) is 60.3 Å². The second-order valence-electron chi connectivity index (χ2n) is 7.28. The van der Waals surface area contributed by atoms with E-state index in [0.29, 0.717) is 16.9 Å². The molecule has 0 fully saturated rings.